The quantitative estimate of drug-likeness (QED) is 0.620. The van der Waals surface area contributed by atoms with Crippen molar-refractivity contribution in [1.29, 1.82) is 0 Å². The van der Waals surface area contributed by atoms with Crippen LogP contribution in [0.25, 0.3) is 12.2 Å². The summed E-state index contributed by atoms with van der Waals surface area (Å²) in [5.41, 5.74) is 1.43. The van der Waals surface area contributed by atoms with Gasteiger partial charge in [-0.3, -0.25) is 0 Å². The van der Waals surface area contributed by atoms with E-state index < -0.39 is 0 Å². The number of thiophene rings is 1. The minimum atomic E-state index is 0.716. The van der Waals surface area contributed by atoms with E-state index in [1.807, 2.05) is 0 Å². The average Bonchev–Trinajstić information content (AvgIpc) is 2.39. The van der Waals surface area contributed by atoms with Gasteiger partial charge in [0.15, 0.2) is 0 Å². The molecule has 0 spiro atoms. The third-order valence-corrected chi connectivity index (χ3v) is 1.93. The summed E-state index contributed by atoms with van der Waals surface area (Å²) in [6.45, 7) is 0. The molecule has 1 aromatic heterocycles. The molecule has 11 heavy (non-hydrogen) atoms. The van der Waals surface area contributed by atoms with Crippen LogP contribution in [0.4, 0.5) is 0 Å². The minimum absolute atomic E-state index is 0.716. The molecule has 1 heterocycles. The van der Waals surface area contributed by atoms with Gasteiger partial charge in [0.2, 0.25) is 0 Å². The molecular formula is C8H4O2S. The average molecular weight is 164 g/mol. The fourth-order valence-corrected chi connectivity index (χ4v) is 1.45. The van der Waals surface area contributed by atoms with Crippen molar-refractivity contribution >= 4 is 35.4 Å². The van der Waals surface area contributed by atoms with Crippen LogP contribution in [0.1, 0.15) is 11.1 Å². The maximum atomic E-state index is 9.94. The van der Waals surface area contributed by atoms with Crippen molar-refractivity contribution in [3.63, 3.8) is 0 Å². The highest BCUT2D eigenvalue weighted by molar-refractivity contribution is 7.08. The Hall–Kier alpha value is -1.40. The zero-order chi connectivity index (χ0) is 8.10. The minimum Gasteiger partial charge on any atom is -0.233 e. The molecule has 0 aliphatic rings. The molecule has 0 unspecified atom stereocenters. The molecule has 0 saturated heterocycles. The molecule has 0 fully saturated rings. The third-order valence-electron chi connectivity index (χ3n) is 1.15. The van der Waals surface area contributed by atoms with Crippen molar-refractivity contribution in [2.75, 3.05) is 0 Å². The largest absolute Gasteiger partial charge is 0.233 e. The molecule has 0 saturated carbocycles. The summed E-state index contributed by atoms with van der Waals surface area (Å²) in [5, 5.41) is 3.54. The van der Waals surface area contributed by atoms with Crippen LogP contribution in [0.3, 0.4) is 0 Å². The van der Waals surface area contributed by atoms with Gasteiger partial charge < -0.3 is 0 Å². The van der Waals surface area contributed by atoms with Gasteiger partial charge in [-0.15, -0.1) is 0 Å². The second kappa shape index (κ2) is 3.69. The lowest BCUT2D eigenvalue weighted by Gasteiger charge is -1.82. The second-order valence-electron chi connectivity index (χ2n) is 1.81. The molecule has 0 amide bonds. The SMILES string of the molecule is O=C=Cc1cscc1C=C=O. The van der Waals surface area contributed by atoms with Crippen LogP contribution in [0.15, 0.2) is 10.8 Å². The van der Waals surface area contributed by atoms with Crippen molar-refractivity contribution in [3.05, 3.63) is 21.9 Å². The van der Waals surface area contributed by atoms with E-state index in [0.717, 1.165) is 0 Å². The van der Waals surface area contributed by atoms with Crippen LogP contribution in [0.2, 0.25) is 0 Å². The molecule has 1 rings (SSSR count). The van der Waals surface area contributed by atoms with E-state index in [2.05, 4.69) is 0 Å². The van der Waals surface area contributed by atoms with Crippen LogP contribution in [0.5, 0.6) is 0 Å². The molecule has 54 valence electrons. The number of hydrogen-bond donors (Lipinski definition) is 0. The van der Waals surface area contributed by atoms with E-state index in [4.69, 9.17) is 0 Å². The predicted octanol–water partition coefficient (Wildman–Crippen LogP) is 1.44. The van der Waals surface area contributed by atoms with Crippen LogP contribution in [0, 0.1) is 0 Å². The lowest BCUT2D eigenvalue weighted by molar-refractivity contribution is 0.569. The van der Waals surface area contributed by atoms with Gasteiger partial charge in [0.1, 0.15) is 11.9 Å². The van der Waals surface area contributed by atoms with E-state index in [1.54, 1.807) is 22.6 Å². The lowest BCUT2D eigenvalue weighted by atomic mass is 10.2. The Bertz CT molecular complexity index is 306. The fraction of sp³-hybridized carbons (Fsp3) is 0. The maximum Gasteiger partial charge on any atom is 0.125 e. The van der Waals surface area contributed by atoms with E-state index in [9.17, 15) is 9.59 Å². The van der Waals surface area contributed by atoms with Crippen molar-refractivity contribution in [3.8, 4) is 0 Å². The molecule has 0 aliphatic heterocycles. The number of rotatable bonds is 2. The fourth-order valence-electron chi connectivity index (χ4n) is 0.678. The third kappa shape index (κ3) is 1.76. The molecule has 0 bridgehead atoms. The Labute approximate surface area is 67.5 Å². The van der Waals surface area contributed by atoms with Gasteiger partial charge in [0.25, 0.3) is 0 Å². The van der Waals surface area contributed by atoms with Gasteiger partial charge in [-0.05, 0) is 10.8 Å². The highest BCUT2D eigenvalue weighted by Gasteiger charge is 1.95. The van der Waals surface area contributed by atoms with Crippen molar-refractivity contribution < 1.29 is 9.59 Å². The van der Waals surface area contributed by atoms with Gasteiger partial charge in [-0.1, -0.05) is 0 Å². The van der Waals surface area contributed by atoms with Crippen LogP contribution in [-0.4, -0.2) is 11.9 Å². The summed E-state index contributed by atoms with van der Waals surface area (Å²) in [6.07, 6.45) is 2.58. The summed E-state index contributed by atoms with van der Waals surface area (Å²) < 4.78 is 0. The standard InChI is InChI=1S/C8H4O2S/c9-3-1-7-5-11-6-8(7)2-4-10/h1-2,5-6H. The van der Waals surface area contributed by atoms with Crippen molar-refractivity contribution in [2.45, 2.75) is 0 Å². The van der Waals surface area contributed by atoms with Gasteiger partial charge in [-0.25, -0.2) is 9.59 Å². The number of hydrogen-bond acceptors (Lipinski definition) is 3. The first-order chi connectivity index (χ1) is 5.38. The van der Waals surface area contributed by atoms with E-state index in [1.165, 1.54) is 23.5 Å². The first-order valence-electron chi connectivity index (χ1n) is 2.86. The highest BCUT2D eigenvalue weighted by Crippen LogP contribution is 2.16. The molecule has 0 radical (unpaired) electrons. The van der Waals surface area contributed by atoms with Crippen LogP contribution >= 0.6 is 11.3 Å². The Balaban J connectivity index is 3.14. The lowest BCUT2D eigenvalue weighted by Crippen LogP contribution is -1.70. The van der Waals surface area contributed by atoms with Gasteiger partial charge in [-0.2, -0.15) is 11.3 Å². The summed E-state index contributed by atoms with van der Waals surface area (Å²) in [7, 11) is 0. The van der Waals surface area contributed by atoms with Crippen molar-refractivity contribution in [2.24, 2.45) is 0 Å². The van der Waals surface area contributed by atoms with Crippen molar-refractivity contribution in [1.82, 2.24) is 0 Å². The molecule has 1 aromatic rings. The molecule has 3 heteroatoms. The molecule has 2 nitrogen and oxygen atoms in total. The summed E-state index contributed by atoms with van der Waals surface area (Å²) in [5.74, 6) is 3.30. The smallest absolute Gasteiger partial charge is 0.125 e. The second-order valence-corrected chi connectivity index (χ2v) is 2.55. The van der Waals surface area contributed by atoms with E-state index >= 15 is 0 Å². The monoisotopic (exact) mass is 164 g/mol. The molecule has 0 aromatic carbocycles. The first-order valence-corrected chi connectivity index (χ1v) is 3.80. The molecule has 0 aliphatic carbocycles. The molecular weight excluding hydrogens is 160 g/mol. The van der Waals surface area contributed by atoms with E-state index in [0.29, 0.717) is 11.1 Å². The Morgan fingerprint density at radius 3 is 1.91 bits per heavy atom. The predicted molar refractivity (Wildman–Crippen MR) is 44.6 cm³/mol. The Kier molecular flexibility index (Phi) is 2.59. The Morgan fingerprint density at radius 2 is 1.55 bits per heavy atom. The van der Waals surface area contributed by atoms with Gasteiger partial charge in [0, 0.05) is 23.3 Å². The zero-order valence-corrected chi connectivity index (χ0v) is 6.35. The summed E-state index contributed by atoms with van der Waals surface area (Å²) in [4.78, 5) is 19.9. The maximum absolute atomic E-state index is 9.94. The molecule has 0 atom stereocenters. The zero-order valence-electron chi connectivity index (χ0n) is 5.53. The Morgan fingerprint density at radius 1 is 1.09 bits per heavy atom. The van der Waals surface area contributed by atoms with Gasteiger partial charge in [0.05, 0.1) is 0 Å². The van der Waals surface area contributed by atoms with Gasteiger partial charge >= 0.3 is 0 Å². The summed E-state index contributed by atoms with van der Waals surface area (Å²) in [6, 6.07) is 0. The molecule has 0 N–H and O–H groups in total. The first kappa shape index (κ1) is 7.70. The highest BCUT2D eigenvalue weighted by atomic mass is 32.1. The topological polar surface area (TPSA) is 34.1 Å². The normalized spacial score (nSPS) is 8.00. The van der Waals surface area contributed by atoms with Crippen LogP contribution in [-0.2, 0) is 9.59 Å². The summed E-state index contributed by atoms with van der Waals surface area (Å²) >= 11 is 1.43. The van der Waals surface area contributed by atoms with E-state index in [-0.39, 0.29) is 0 Å². The number of carbonyl (C=O) groups excluding carboxylic acids is 2. The van der Waals surface area contributed by atoms with Crippen LogP contribution < -0.4 is 0 Å².